The lowest BCUT2D eigenvalue weighted by Gasteiger charge is -2.18. The van der Waals surface area contributed by atoms with Gasteiger partial charge in [0.15, 0.2) is 0 Å². The van der Waals surface area contributed by atoms with Crippen LogP contribution in [0.25, 0.3) is 0 Å². The molecule has 3 unspecified atom stereocenters. The molecule has 2 aliphatic rings. The van der Waals surface area contributed by atoms with Crippen LogP contribution in [-0.4, -0.2) is 39.1 Å². The maximum absolute atomic E-state index is 5.82. The first-order chi connectivity index (χ1) is 11.3. The normalized spacial score (nSPS) is 25.7. The second-order valence-electron chi connectivity index (χ2n) is 6.55. The number of benzene rings is 1. The highest BCUT2D eigenvalue weighted by Crippen LogP contribution is 2.39. The van der Waals surface area contributed by atoms with Crippen LogP contribution >= 0.6 is 0 Å². The maximum Gasteiger partial charge on any atom is 0.119 e. The summed E-state index contributed by atoms with van der Waals surface area (Å²) < 4.78 is 22.2. The Hall–Kier alpha value is -1.26. The van der Waals surface area contributed by atoms with E-state index in [0.29, 0.717) is 12.2 Å². The third kappa shape index (κ3) is 5.40. The van der Waals surface area contributed by atoms with Gasteiger partial charge in [0, 0.05) is 13.2 Å². The van der Waals surface area contributed by atoms with Crippen LogP contribution in [0.2, 0.25) is 0 Å². The zero-order valence-corrected chi connectivity index (χ0v) is 14.0. The van der Waals surface area contributed by atoms with Crippen LogP contribution in [0.4, 0.5) is 0 Å². The molecule has 23 heavy (non-hydrogen) atoms. The molecule has 0 radical (unpaired) electrons. The Morgan fingerprint density at radius 2 is 1.74 bits per heavy atom. The van der Waals surface area contributed by atoms with Gasteiger partial charge in [-0.3, -0.25) is 0 Å². The molecular weight excluding hydrogens is 292 g/mol. The van der Waals surface area contributed by atoms with E-state index in [1.807, 2.05) is 24.3 Å². The van der Waals surface area contributed by atoms with E-state index < -0.39 is 0 Å². The first kappa shape index (κ1) is 16.6. The van der Waals surface area contributed by atoms with Crippen molar-refractivity contribution in [2.24, 2.45) is 5.92 Å². The average Bonchev–Trinajstić information content (AvgIpc) is 3.36. The van der Waals surface area contributed by atoms with Gasteiger partial charge in [-0.05, 0) is 68.7 Å². The molecule has 0 aromatic heterocycles. The lowest BCUT2D eigenvalue weighted by molar-refractivity contribution is 0.0846. The number of fused-ring (bicyclic) bond motifs is 1. The predicted octanol–water partition coefficient (Wildman–Crippen LogP) is 3.83. The maximum atomic E-state index is 5.82. The van der Waals surface area contributed by atoms with Gasteiger partial charge in [-0.2, -0.15) is 0 Å². The summed E-state index contributed by atoms with van der Waals surface area (Å²) in [7, 11) is 1.67. The van der Waals surface area contributed by atoms with Crippen LogP contribution in [0.1, 0.15) is 38.5 Å². The SMILES string of the molecule is COc1ccc(OCCCCCOCC2CCC3OC3C2)cc1. The standard InChI is InChI=1S/C19H28O4/c1-20-16-6-8-17(9-7-16)22-12-4-2-3-11-21-14-15-5-10-18-19(13-15)23-18/h6-9,15,18-19H,2-5,10-14H2,1H3. The molecule has 1 heterocycles. The highest BCUT2D eigenvalue weighted by Gasteiger charge is 2.43. The van der Waals surface area contributed by atoms with Gasteiger partial charge in [-0.25, -0.2) is 0 Å². The van der Waals surface area contributed by atoms with Gasteiger partial charge in [0.05, 0.1) is 25.9 Å². The van der Waals surface area contributed by atoms with Crippen LogP contribution in [0, 0.1) is 5.92 Å². The molecule has 4 heteroatoms. The third-order valence-electron chi connectivity index (χ3n) is 4.73. The summed E-state index contributed by atoms with van der Waals surface area (Å²) in [4.78, 5) is 0. The summed E-state index contributed by atoms with van der Waals surface area (Å²) in [6.45, 7) is 2.54. The van der Waals surface area contributed by atoms with E-state index in [0.717, 1.165) is 56.5 Å². The second-order valence-corrected chi connectivity index (χ2v) is 6.55. The smallest absolute Gasteiger partial charge is 0.119 e. The second kappa shape index (κ2) is 8.55. The van der Waals surface area contributed by atoms with Crippen LogP contribution in [0.5, 0.6) is 11.5 Å². The van der Waals surface area contributed by atoms with Crippen molar-refractivity contribution in [2.45, 2.75) is 50.7 Å². The number of methoxy groups -OCH3 is 1. The molecular formula is C19H28O4. The molecule has 1 aromatic carbocycles. The van der Waals surface area contributed by atoms with Crippen LogP contribution in [-0.2, 0) is 9.47 Å². The fourth-order valence-electron chi connectivity index (χ4n) is 3.23. The van der Waals surface area contributed by atoms with E-state index in [1.165, 1.54) is 19.3 Å². The average molecular weight is 320 g/mol. The molecule has 0 amide bonds. The quantitative estimate of drug-likeness (QED) is 0.485. The molecule has 0 N–H and O–H groups in total. The molecule has 3 atom stereocenters. The number of epoxide rings is 1. The van der Waals surface area contributed by atoms with Gasteiger partial charge in [-0.15, -0.1) is 0 Å². The van der Waals surface area contributed by atoms with Gasteiger partial charge < -0.3 is 18.9 Å². The van der Waals surface area contributed by atoms with Gasteiger partial charge >= 0.3 is 0 Å². The van der Waals surface area contributed by atoms with Crippen molar-refractivity contribution in [2.75, 3.05) is 26.9 Å². The van der Waals surface area contributed by atoms with Crippen LogP contribution < -0.4 is 9.47 Å². The van der Waals surface area contributed by atoms with Crippen LogP contribution in [0.15, 0.2) is 24.3 Å². The Kier molecular flexibility index (Phi) is 6.17. The highest BCUT2D eigenvalue weighted by atomic mass is 16.6. The van der Waals surface area contributed by atoms with Crippen molar-refractivity contribution in [3.8, 4) is 11.5 Å². The topological polar surface area (TPSA) is 40.2 Å². The molecule has 0 bridgehead atoms. The molecule has 3 rings (SSSR count). The molecule has 4 nitrogen and oxygen atoms in total. The minimum absolute atomic E-state index is 0.562. The van der Waals surface area contributed by atoms with Crippen molar-refractivity contribution < 1.29 is 18.9 Å². The van der Waals surface area contributed by atoms with Gasteiger partial charge in [0.25, 0.3) is 0 Å². The van der Waals surface area contributed by atoms with E-state index in [4.69, 9.17) is 18.9 Å². The number of hydrogen-bond donors (Lipinski definition) is 0. The molecule has 2 fully saturated rings. The Balaban J connectivity index is 1.15. The first-order valence-electron chi connectivity index (χ1n) is 8.85. The Morgan fingerprint density at radius 1 is 0.957 bits per heavy atom. The largest absolute Gasteiger partial charge is 0.497 e. The molecule has 128 valence electrons. The van der Waals surface area contributed by atoms with Gasteiger partial charge in [0.2, 0.25) is 0 Å². The number of unbranched alkanes of at least 4 members (excludes halogenated alkanes) is 2. The van der Waals surface area contributed by atoms with Crippen molar-refractivity contribution in [1.82, 2.24) is 0 Å². The summed E-state index contributed by atoms with van der Waals surface area (Å²) in [5.74, 6) is 2.48. The van der Waals surface area contributed by atoms with Crippen molar-refractivity contribution in [3.05, 3.63) is 24.3 Å². The van der Waals surface area contributed by atoms with Crippen molar-refractivity contribution >= 4 is 0 Å². The summed E-state index contributed by atoms with van der Waals surface area (Å²) in [6, 6.07) is 7.73. The Labute approximate surface area is 139 Å². The van der Waals surface area contributed by atoms with Crippen molar-refractivity contribution in [1.29, 1.82) is 0 Å². The Morgan fingerprint density at radius 3 is 2.52 bits per heavy atom. The molecule has 1 aromatic rings. The summed E-state index contributed by atoms with van der Waals surface area (Å²) in [6.07, 6.45) is 8.20. The minimum atomic E-state index is 0.562. The van der Waals surface area contributed by atoms with Crippen LogP contribution in [0.3, 0.4) is 0 Å². The molecule has 1 aliphatic heterocycles. The summed E-state index contributed by atoms with van der Waals surface area (Å²) >= 11 is 0. The molecule has 1 saturated heterocycles. The van der Waals surface area contributed by atoms with Gasteiger partial charge in [-0.1, -0.05) is 0 Å². The monoisotopic (exact) mass is 320 g/mol. The van der Waals surface area contributed by atoms with E-state index in [-0.39, 0.29) is 0 Å². The summed E-state index contributed by atoms with van der Waals surface area (Å²) in [5.41, 5.74) is 0. The fourth-order valence-corrected chi connectivity index (χ4v) is 3.23. The van der Waals surface area contributed by atoms with Crippen molar-refractivity contribution in [3.63, 3.8) is 0 Å². The zero-order valence-electron chi connectivity index (χ0n) is 14.0. The molecule has 1 aliphatic carbocycles. The van der Waals surface area contributed by atoms with E-state index in [1.54, 1.807) is 7.11 Å². The summed E-state index contributed by atoms with van der Waals surface area (Å²) in [5, 5.41) is 0. The fraction of sp³-hybridized carbons (Fsp3) is 0.684. The first-order valence-corrected chi connectivity index (χ1v) is 8.85. The number of ether oxygens (including phenoxy) is 4. The minimum Gasteiger partial charge on any atom is -0.497 e. The Bertz CT molecular complexity index is 459. The zero-order chi connectivity index (χ0) is 15.9. The van der Waals surface area contributed by atoms with Gasteiger partial charge in [0.1, 0.15) is 11.5 Å². The van der Waals surface area contributed by atoms with E-state index in [2.05, 4.69) is 0 Å². The number of rotatable bonds is 10. The highest BCUT2D eigenvalue weighted by molar-refractivity contribution is 5.31. The van der Waals surface area contributed by atoms with E-state index >= 15 is 0 Å². The lowest BCUT2D eigenvalue weighted by atomic mass is 9.90. The van der Waals surface area contributed by atoms with E-state index in [9.17, 15) is 0 Å². The number of hydrogen-bond acceptors (Lipinski definition) is 4. The predicted molar refractivity (Wildman–Crippen MR) is 89.2 cm³/mol. The molecule has 0 spiro atoms. The third-order valence-corrected chi connectivity index (χ3v) is 4.73. The molecule has 1 saturated carbocycles. The lowest BCUT2D eigenvalue weighted by Crippen LogP contribution is -2.18.